The molecule has 0 aromatic carbocycles. The molecule has 28 heavy (non-hydrogen) atoms. The predicted molar refractivity (Wildman–Crippen MR) is 101 cm³/mol. The molecule has 1 saturated heterocycles. The highest BCUT2D eigenvalue weighted by Gasteiger charge is 2.79. The van der Waals surface area contributed by atoms with Crippen molar-refractivity contribution < 1.29 is 29.3 Å². The van der Waals surface area contributed by atoms with E-state index in [-0.39, 0.29) is 12.8 Å². The molecule has 4 N–H and O–H groups in total. The van der Waals surface area contributed by atoms with Gasteiger partial charge < -0.3 is 25.6 Å². The van der Waals surface area contributed by atoms with E-state index in [4.69, 9.17) is 9.47 Å². The van der Waals surface area contributed by atoms with Gasteiger partial charge in [0.2, 0.25) is 0 Å². The maximum absolute atomic E-state index is 13.3. The number of ether oxygens (including phenoxy) is 2. The van der Waals surface area contributed by atoms with Crippen LogP contribution in [0, 0.1) is 0 Å². The van der Waals surface area contributed by atoms with Crippen LogP contribution in [-0.2, 0) is 19.1 Å². The van der Waals surface area contributed by atoms with Crippen LogP contribution >= 0.6 is 0 Å². The van der Waals surface area contributed by atoms with Crippen LogP contribution in [0.3, 0.4) is 0 Å². The summed E-state index contributed by atoms with van der Waals surface area (Å²) in [6.45, 7) is 10.8. The van der Waals surface area contributed by atoms with Gasteiger partial charge in [-0.2, -0.15) is 0 Å². The van der Waals surface area contributed by atoms with Crippen molar-refractivity contribution in [1.29, 1.82) is 0 Å². The van der Waals surface area contributed by atoms with E-state index < -0.39 is 45.7 Å². The minimum Gasteiger partial charge on any atom is -0.384 e. The first-order valence-corrected chi connectivity index (χ1v) is 10.1. The Balaban J connectivity index is 2.03. The van der Waals surface area contributed by atoms with Gasteiger partial charge in [0.15, 0.2) is 0 Å². The van der Waals surface area contributed by atoms with Gasteiger partial charge in [-0.15, -0.1) is 0 Å². The van der Waals surface area contributed by atoms with Gasteiger partial charge in [-0.25, -0.2) is 0 Å². The monoisotopic (exact) mass is 398 g/mol. The van der Waals surface area contributed by atoms with Crippen LogP contribution in [0.5, 0.6) is 0 Å². The standard InChI is InChI=1S/C20H34N2O6/c1-15(2,3)21-13(23)19(26)18(11-8-12-18)27-20(28-19,17(25)9-7-10-17)14(24)22-16(4,5)6/h25-26H,7-12H2,1-6H3,(H,21,23)(H,22,24)/t19-,20-/m1/s1. The van der Waals surface area contributed by atoms with Gasteiger partial charge in [0.05, 0.1) is 0 Å². The number of rotatable bonds is 3. The average molecular weight is 399 g/mol. The Morgan fingerprint density at radius 3 is 1.61 bits per heavy atom. The normalized spacial score (nSPS) is 33.7. The van der Waals surface area contributed by atoms with Crippen molar-refractivity contribution in [3.05, 3.63) is 0 Å². The second-order valence-electron chi connectivity index (χ2n) is 10.6. The molecule has 0 radical (unpaired) electrons. The van der Waals surface area contributed by atoms with Crippen molar-refractivity contribution in [3.63, 3.8) is 0 Å². The summed E-state index contributed by atoms with van der Waals surface area (Å²) < 4.78 is 12.0. The molecule has 3 rings (SSSR count). The van der Waals surface area contributed by atoms with E-state index in [1.165, 1.54) is 0 Å². The van der Waals surface area contributed by atoms with Crippen LogP contribution in [0.25, 0.3) is 0 Å². The molecule has 2 aliphatic carbocycles. The molecule has 1 aliphatic heterocycles. The number of amides is 2. The summed E-state index contributed by atoms with van der Waals surface area (Å²) in [5.41, 5.74) is -4.19. The third kappa shape index (κ3) is 3.14. The smallest absolute Gasteiger partial charge is 0.284 e. The number of aliphatic hydroxyl groups is 2. The summed E-state index contributed by atoms with van der Waals surface area (Å²) in [6, 6.07) is 0. The third-order valence-corrected chi connectivity index (χ3v) is 5.79. The molecule has 0 bridgehead atoms. The zero-order valence-electron chi connectivity index (χ0n) is 17.8. The van der Waals surface area contributed by atoms with Crippen molar-refractivity contribution in [2.24, 2.45) is 0 Å². The summed E-state index contributed by atoms with van der Waals surface area (Å²) in [5.74, 6) is -5.93. The summed E-state index contributed by atoms with van der Waals surface area (Å²) in [6.07, 6.45) is 2.73. The highest BCUT2D eigenvalue weighted by atomic mass is 16.8. The number of nitrogens with one attached hydrogen (secondary N) is 2. The molecular weight excluding hydrogens is 364 g/mol. The molecule has 0 aromatic rings. The SMILES string of the molecule is CC(C)(C)NC(=O)[C@@]1(C2(O)CCC2)OC2(CCC2)[C@@](O)(C(=O)NC(C)(C)C)O1. The van der Waals surface area contributed by atoms with Crippen molar-refractivity contribution >= 4 is 11.8 Å². The van der Waals surface area contributed by atoms with Crippen molar-refractivity contribution in [2.45, 2.75) is 114 Å². The maximum atomic E-state index is 13.3. The van der Waals surface area contributed by atoms with E-state index in [2.05, 4.69) is 10.6 Å². The fourth-order valence-corrected chi connectivity index (χ4v) is 4.04. The molecule has 2 amide bonds. The second kappa shape index (κ2) is 6.14. The van der Waals surface area contributed by atoms with Crippen LogP contribution in [0.2, 0.25) is 0 Å². The molecule has 1 heterocycles. The first kappa shape index (κ1) is 21.5. The molecule has 0 aromatic heterocycles. The Hall–Kier alpha value is -1.22. The Bertz CT molecular complexity index is 671. The largest absolute Gasteiger partial charge is 0.384 e. The maximum Gasteiger partial charge on any atom is 0.284 e. The van der Waals surface area contributed by atoms with Gasteiger partial charge in [0.1, 0.15) is 11.2 Å². The van der Waals surface area contributed by atoms with Gasteiger partial charge in [-0.1, -0.05) is 0 Å². The Morgan fingerprint density at radius 1 is 0.786 bits per heavy atom. The van der Waals surface area contributed by atoms with E-state index in [9.17, 15) is 19.8 Å². The van der Waals surface area contributed by atoms with Gasteiger partial charge in [-0.05, 0) is 80.1 Å². The molecular formula is C20H34N2O6. The topological polar surface area (TPSA) is 117 Å². The zero-order chi connectivity index (χ0) is 21.2. The van der Waals surface area contributed by atoms with Crippen LogP contribution < -0.4 is 10.6 Å². The van der Waals surface area contributed by atoms with Crippen molar-refractivity contribution in [1.82, 2.24) is 10.6 Å². The minimum absolute atomic E-state index is 0.289. The fraction of sp³-hybridized carbons (Fsp3) is 0.900. The highest BCUT2D eigenvalue weighted by molar-refractivity contribution is 5.90. The average Bonchev–Trinajstić information content (AvgIpc) is 2.74. The molecule has 1 spiro atoms. The van der Waals surface area contributed by atoms with Crippen LogP contribution in [0.4, 0.5) is 0 Å². The third-order valence-electron chi connectivity index (χ3n) is 5.79. The van der Waals surface area contributed by atoms with E-state index in [0.29, 0.717) is 19.3 Å². The summed E-state index contributed by atoms with van der Waals surface area (Å²) >= 11 is 0. The van der Waals surface area contributed by atoms with Gasteiger partial charge >= 0.3 is 0 Å². The number of carbonyl (C=O) groups is 2. The molecule has 8 nitrogen and oxygen atoms in total. The molecule has 3 fully saturated rings. The first-order chi connectivity index (χ1) is 12.6. The van der Waals surface area contributed by atoms with Crippen molar-refractivity contribution in [2.75, 3.05) is 0 Å². The Labute approximate surface area is 166 Å². The molecule has 3 aliphatic rings. The predicted octanol–water partition coefficient (Wildman–Crippen LogP) is 1.09. The highest BCUT2D eigenvalue weighted by Crippen LogP contribution is 2.59. The van der Waals surface area contributed by atoms with Gasteiger partial charge in [0, 0.05) is 11.1 Å². The lowest BCUT2D eigenvalue weighted by molar-refractivity contribution is -0.309. The van der Waals surface area contributed by atoms with Crippen LogP contribution in [-0.4, -0.2) is 55.9 Å². The number of hydrogen-bond donors (Lipinski definition) is 4. The van der Waals surface area contributed by atoms with Crippen molar-refractivity contribution in [3.8, 4) is 0 Å². The molecule has 0 unspecified atom stereocenters. The first-order valence-electron chi connectivity index (χ1n) is 10.1. The van der Waals surface area contributed by atoms with Crippen LogP contribution in [0.15, 0.2) is 0 Å². The fourth-order valence-electron chi connectivity index (χ4n) is 4.04. The second-order valence-corrected chi connectivity index (χ2v) is 10.6. The lowest BCUT2D eigenvalue weighted by Crippen LogP contribution is -2.69. The Kier molecular flexibility index (Phi) is 4.71. The molecule has 2 atom stereocenters. The molecule has 160 valence electrons. The number of hydrogen-bond acceptors (Lipinski definition) is 6. The summed E-state index contributed by atoms with van der Waals surface area (Å²) in [5, 5.41) is 28.1. The van der Waals surface area contributed by atoms with Gasteiger partial charge in [0.25, 0.3) is 23.4 Å². The van der Waals surface area contributed by atoms with Gasteiger partial charge in [-0.3, -0.25) is 14.3 Å². The van der Waals surface area contributed by atoms with E-state index in [1.807, 2.05) is 0 Å². The number of carbonyl (C=O) groups excluding carboxylic acids is 2. The quantitative estimate of drug-likeness (QED) is 0.565. The lowest BCUT2D eigenvalue weighted by atomic mass is 9.72. The van der Waals surface area contributed by atoms with E-state index in [1.54, 1.807) is 41.5 Å². The van der Waals surface area contributed by atoms with E-state index >= 15 is 0 Å². The lowest BCUT2D eigenvalue weighted by Gasteiger charge is -2.49. The molecule has 2 saturated carbocycles. The summed E-state index contributed by atoms with van der Waals surface area (Å²) in [7, 11) is 0. The Morgan fingerprint density at radius 2 is 1.25 bits per heavy atom. The summed E-state index contributed by atoms with van der Waals surface area (Å²) in [4.78, 5) is 26.3. The minimum atomic E-state index is -2.36. The zero-order valence-corrected chi connectivity index (χ0v) is 17.8. The van der Waals surface area contributed by atoms with E-state index in [0.717, 1.165) is 6.42 Å². The van der Waals surface area contributed by atoms with Crippen LogP contribution in [0.1, 0.15) is 80.1 Å². The molecule has 8 heteroatoms.